The molecular formula is C21H44NO2+. The summed E-state index contributed by atoms with van der Waals surface area (Å²) in [5.74, 6) is -0.0163. The van der Waals surface area contributed by atoms with Gasteiger partial charge in [0.2, 0.25) is 6.23 Å². The third-order valence-corrected chi connectivity index (χ3v) is 5.20. The average molecular weight is 343 g/mol. The van der Waals surface area contributed by atoms with Crippen molar-refractivity contribution in [3.63, 3.8) is 0 Å². The summed E-state index contributed by atoms with van der Waals surface area (Å²) in [4.78, 5) is 12.0. The standard InChI is InChI=1S/C21H44NO2/c1-6-9-10-11-12-13-14-15-16-17-18-19-21(23)24-20(7-2)22(4,5)8-3/h20H,6-19H2,1-5H3/q+1. The molecule has 0 saturated heterocycles. The van der Waals surface area contributed by atoms with Gasteiger partial charge in [-0.1, -0.05) is 78.1 Å². The molecule has 3 nitrogen and oxygen atoms in total. The number of rotatable bonds is 16. The van der Waals surface area contributed by atoms with E-state index >= 15 is 0 Å². The number of quaternary nitrogens is 1. The van der Waals surface area contributed by atoms with Gasteiger partial charge in [-0.05, 0) is 13.3 Å². The van der Waals surface area contributed by atoms with Crippen molar-refractivity contribution in [2.45, 2.75) is 110 Å². The highest BCUT2D eigenvalue weighted by Crippen LogP contribution is 2.15. The van der Waals surface area contributed by atoms with Gasteiger partial charge in [0.1, 0.15) is 0 Å². The first-order valence-electron chi connectivity index (χ1n) is 10.5. The summed E-state index contributed by atoms with van der Waals surface area (Å²) < 4.78 is 6.43. The Hall–Kier alpha value is -0.570. The van der Waals surface area contributed by atoms with Crippen LogP contribution in [0.25, 0.3) is 0 Å². The molecule has 0 aromatic carbocycles. The van der Waals surface area contributed by atoms with Crippen molar-refractivity contribution in [1.29, 1.82) is 0 Å². The molecule has 0 spiro atoms. The van der Waals surface area contributed by atoms with Gasteiger partial charge in [0, 0.05) is 12.8 Å². The van der Waals surface area contributed by atoms with Crippen LogP contribution in [0.3, 0.4) is 0 Å². The van der Waals surface area contributed by atoms with Crippen molar-refractivity contribution >= 4 is 5.97 Å². The molecule has 1 unspecified atom stereocenters. The van der Waals surface area contributed by atoms with Crippen LogP contribution in [0.1, 0.15) is 104 Å². The molecule has 24 heavy (non-hydrogen) atoms. The van der Waals surface area contributed by atoms with E-state index in [-0.39, 0.29) is 12.2 Å². The first-order chi connectivity index (χ1) is 11.5. The minimum absolute atomic E-state index is 0.00444. The highest BCUT2D eigenvalue weighted by atomic mass is 16.6. The highest BCUT2D eigenvalue weighted by molar-refractivity contribution is 5.69. The van der Waals surface area contributed by atoms with Crippen molar-refractivity contribution in [3.8, 4) is 0 Å². The molecule has 0 aliphatic heterocycles. The number of hydrogen-bond acceptors (Lipinski definition) is 2. The largest absolute Gasteiger partial charge is 0.412 e. The van der Waals surface area contributed by atoms with Crippen molar-refractivity contribution in [1.82, 2.24) is 0 Å². The molecule has 0 saturated carbocycles. The van der Waals surface area contributed by atoms with E-state index in [1.54, 1.807) is 0 Å². The van der Waals surface area contributed by atoms with E-state index in [1.165, 1.54) is 57.8 Å². The third-order valence-electron chi connectivity index (χ3n) is 5.20. The maximum atomic E-state index is 12.0. The molecule has 0 amide bonds. The van der Waals surface area contributed by atoms with Crippen LogP contribution in [-0.4, -0.2) is 37.3 Å². The Labute approximate surface area is 151 Å². The SMILES string of the molecule is CCCCCCCCCCCCCC(=O)OC(CC)[N+](C)(C)CC. The van der Waals surface area contributed by atoms with Crippen molar-refractivity contribution in [3.05, 3.63) is 0 Å². The lowest BCUT2D eigenvalue weighted by Gasteiger charge is -2.35. The van der Waals surface area contributed by atoms with Crippen molar-refractivity contribution < 1.29 is 14.0 Å². The Morgan fingerprint density at radius 3 is 1.67 bits per heavy atom. The topological polar surface area (TPSA) is 26.3 Å². The number of carbonyl (C=O) groups excluding carboxylic acids is 1. The molecule has 3 heteroatoms. The second-order valence-electron chi connectivity index (χ2n) is 7.73. The van der Waals surface area contributed by atoms with Crippen LogP contribution in [0.4, 0.5) is 0 Å². The van der Waals surface area contributed by atoms with Crippen molar-refractivity contribution in [2.24, 2.45) is 0 Å². The summed E-state index contributed by atoms with van der Waals surface area (Å²) in [6, 6.07) is 0. The minimum atomic E-state index is -0.0163. The van der Waals surface area contributed by atoms with Gasteiger partial charge in [0.25, 0.3) is 0 Å². The fraction of sp³-hybridized carbons (Fsp3) is 0.952. The molecule has 0 rings (SSSR count). The summed E-state index contributed by atoms with van der Waals surface area (Å²) in [5.41, 5.74) is 0. The Bertz CT molecular complexity index is 302. The summed E-state index contributed by atoms with van der Waals surface area (Å²) in [5, 5.41) is 0. The molecule has 144 valence electrons. The van der Waals surface area contributed by atoms with Crippen LogP contribution < -0.4 is 0 Å². The number of unbranched alkanes of at least 4 members (excludes halogenated alkanes) is 10. The Morgan fingerprint density at radius 1 is 0.792 bits per heavy atom. The number of hydrogen-bond donors (Lipinski definition) is 0. The molecular weight excluding hydrogens is 298 g/mol. The zero-order valence-electron chi connectivity index (χ0n) is 17.2. The van der Waals surface area contributed by atoms with Crippen molar-refractivity contribution in [2.75, 3.05) is 20.6 Å². The zero-order chi connectivity index (χ0) is 18.3. The Morgan fingerprint density at radius 2 is 1.25 bits per heavy atom. The molecule has 0 aromatic heterocycles. The maximum absolute atomic E-state index is 12.0. The average Bonchev–Trinajstić information content (AvgIpc) is 2.57. The molecule has 1 atom stereocenters. The van der Waals surface area contributed by atoms with Gasteiger partial charge in [-0.3, -0.25) is 9.28 Å². The van der Waals surface area contributed by atoms with Gasteiger partial charge < -0.3 is 4.74 Å². The summed E-state index contributed by atoms with van der Waals surface area (Å²) in [7, 11) is 4.26. The lowest BCUT2D eigenvalue weighted by atomic mass is 10.1. The van der Waals surface area contributed by atoms with Gasteiger partial charge in [-0.2, -0.15) is 0 Å². The van der Waals surface area contributed by atoms with E-state index in [4.69, 9.17) is 4.74 Å². The number of carbonyl (C=O) groups is 1. The lowest BCUT2D eigenvalue weighted by Crippen LogP contribution is -2.50. The van der Waals surface area contributed by atoms with Gasteiger partial charge >= 0.3 is 5.97 Å². The van der Waals surface area contributed by atoms with Crippen LogP contribution in [-0.2, 0) is 9.53 Å². The van der Waals surface area contributed by atoms with Crippen LogP contribution in [0.15, 0.2) is 0 Å². The summed E-state index contributed by atoms with van der Waals surface area (Å²) in [6.45, 7) is 7.47. The second-order valence-corrected chi connectivity index (χ2v) is 7.73. The fourth-order valence-electron chi connectivity index (χ4n) is 3.07. The predicted octanol–water partition coefficient (Wildman–Crippen LogP) is 6.06. The Kier molecular flexibility index (Phi) is 14.4. The van der Waals surface area contributed by atoms with E-state index in [0.29, 0.717) is 6.42 Å². The third kappa shape index (κ3) is 11.9. The van der Waals surface area contributed by atoms with Gasteiger partial charge in [-0.15, -0.1) is 0 Å². The number of nitrogens with zero attached hydrogens (tertiary/aromatic N) is 1. The quantitative estimate of drug-likeness (QED) is 0.147. The van der Waals surface area contributed by atoms with Crippen LogP contribution >= 0.6 is 0 Å². The van der Waals surface area contributed by atoms with E-state index in [9.17, 15) is 4.79 Å². The van der Waals surface area contributed by atoms with Gasteiger partial charge in [-0.25, -0.2) is 0 Å². The van der Waals surface area contributed by atoms with Gasteiger partial charge in [0.15, 0.2) is 0 Å². The second kappa shape index (κ2) is 14.7. The minimum Gasteiger partial charge on any atom is -0.412 e. The van der Waals surface area contributed by atoms with Gasteiger partial charge in [0.05, 0.1) is 20.6 Å². The van der Waals surface area contributed by atoms with Crippen LogP contribution in [0.5, 0.6) is 0 Å². The highest BCUT2D eigenvalue weighted by Gasteiger charge is 2.28. The molecule has 0 aromatic rings. The predicted molar refractivity (Wildman–Crippen MR) is 104 cm³/mol. The summed E-state index contributed by atoms with van der Waals surface area (Å²) >= 11 is 0. The number of ether oxygens (including phenoxy) is 1. The molecule has 0 bridgehead atoms. The monoisotopic (exact) mass is 342 g/mol. The molecule has 0 N–H and O–H groups in total. The number of esters is 1. The van der Waals surface area contributed by atoms with E-state index < -0.39 is 0 Å². The lowest BCUT2D eigenvalue weighted by molar-refractivity contribution is -0.933. The molecule has 0 aliphatic carbocycles. The van der Waals surface area contributed by atoms with Crippen LogP contribution in [0, 0.1) is 0 Å². The maximum Gasteiger partial charge on any atom is 0.310 e. The molecule has 0 aliphatic rings. The van der Waals surface area contributed by atoms with E-state index in [1.807, 2.05) is 0 Å². The smallest absolute Gasteiger partial charge is 0.310 e. The van der Waals surface area contributed by atoms with Crippen LogP contribution in [0.2, 0.25) is 0 Å². The Balaban J connectivity index is 3.55. The summed E-state index contributed by atoms with van der Waals surface area (Å²) in [6.07, 6.45) is 15.9. The fourth-order valence-corrected chi connectivity index (χ4v) is 3.07. The first-order valence-corrected chi connectivity index (χ1v) is 10.5. The molecule has 0 fully saturated rings. The normalized spacial score (nSPS) is 13.0. The molecule has 0 heterocycles. The van der Waals surface area contributed by atoms with E-state index in [2.05, 4.69) is 34.9 Å². The first kappa shape index (κ1) is 23.4. The van der Waals surface area contributed by atoms with E-state index in [0.717, 1.165) is 30.3 Å². The zero-order valence-corrected chi connectivity index (χ0v) is 17.2. The molecule has 0 radical (unpaired) electrons.